The van der Waals surface area contributed by atoms with Gasteiger partial charge >= 0.3 is 0 Å². The van der Waals surface area contributed by atoms with Crippen LogP contribution in [-0.2, 0) is 23.0 Å². The molecule has 8 heteroatoms. The normalized spacial score (nSPS) is 11.2. The minimum Gasteiger partial charge on any atom is -0.493 e. The molecule has 0 aromatic heterocycles. The first-order chi connectivity index (χ1) is 13.8. The molecular weight excluding hydrogens is 392 g/mol. The maximum atomic E-state index is 12.7. The summed E-state index contributed by atoms with van der Waals surface area (Å²) in [5.41, 5.74) is 1.65. The number of carbonyl (C=O) groups excluding carboxylic acids is 1. The van der Waals surface area contributed by atoms with Crippen LogP contribution in [0.5, 0.6) is 11.5 Å². The third-order valence-corrected chi connectivity index (χ3v) is 6.27. The first kappa shape index (κ1) is 22.4. The van der Waals surface area contributed by atoms with E-state index in [2.05, 4.69) is 11.9 Å². The van der Waals surface area contributed by atoms with E-state index in [0.717, 1.165) is 9.87 Å². The lowest BCUT2D eigenvalue weighted by Gasteiger charge is -2.16. The summed E-state index contributed by atoms with van der Waals surface area (Å²) in [6, 6.07) is 9.88. The molecule has 2 aromatic carbocycles. The maximum absolute atomic E-state index is 12.7. The second kappa shape index (κ2) is 9.58. The molecule has 0 heterocycles. The van der Waals surface area contributed by atoms with Crippen molar-refractivity contribution in [3.8, 4) is 11.5 Å². The summed E-state index contributed by atoms with van der Waals surface area (Å²) < 4.78 is 36.9. The molecule has 0 fully saturated rings. The lowest BCUT2D eigenvalue weighted by molar-refractivity contribution is 0.0950. The van der Waals surface area contributed by atoms with Crippen LogP contribution in [0.25, 0.3) is 0 Å². The minimum absolute atomic E-state index is 0.0627. The largest absolute Gasteiger partial charge is 0.493 e. The third-order valence-electron chi connectivity index (χ3n) is 4.35. The van der Waals surface area contributed by atoms with Crippen LogP contribution in [-0.4, -0.2) is 46.9 Å². The SMILES string of the molecule is C=CCc1cc(C(=O)NCc2ccccc2S(=O)(=O)N(C)C)cc(OC)c1OC. The van der Waals surface area contributed by atoms with E-state index in [1.165, 1.54) is 34.4 Å². The van der Waals surface area contributed by atoms with Crippen molar-refractivity contribution in [2.45, 2.75) is 17.9 Å². The maximum Gasteiger partial charge on any atom is 0.251 e. The van der Waals surface area contributed by atoms with E-state index in [0.29, 0.717) is 29.0 Å². The Balaban J connectivity index is 2.31. The lowest BCUT2D eigenvalue weighted by atomic mass is 10.0. The van der Waals surface area contributed by atoms with Gasteiger partial charge in [-0.2, -0.15) is 0 Å². The van der Waals surface area contributed by atoms with Gasteiger partial charge in [-0.1, -0.05) is 24.3 Å². The average molecular weight is 419 g/mol. The van der Waals surface area contributed by atoms with Crippen molar-refractivity contribution in [3.05, 3.63) is 65.7 Å². The highest BCUT2D eigenvalue weighted by molar-refractivity contribution is 7.89. The van der Waals surface area contributed by atoms with Gasteiger partial charge in [0.2, 0.25) is 10.0 Å². The van der Waals surface area contributed by atoms with Gasteiger partial charge < -0.3 is 14.8 Å². The van der Waals surface area contributed by atoms with Gasteiger partial charge in [-0.25, -0.2) is 12.7 Å². The molecule has 0 atom stereocenters. The Morgan fingerprint density at radius 1 is 1.14 bits per heavy atom. The summed E-state index contributed by atoms with van der Waals surface area (Å²) in [5.74, 6) is 0.632. The van der Waals surface area contributed by atoms with Gasteiger partial charge in [-0.3, -0.25) is 4.79 Å². The number of hydrogen-bond donors (Lipinski definition) is 1. The Labute approximate surface area is 172 Å². The van der Waals surface area contributed by atoms with Crippen LogP contribution in [0.3, 0.4) is 0 Å². The van der Waals surface area contributed by atoms with Crippen LogP contribution < -0.4 is 14.8 Å². The second-order valence-corrected chi connectivity index (χ2v) is 8.56. The van der Waals surface area contributed by atoms with E-state index in [-0.39, 0.29) is 17.3 Å². The van der Waals surface area contributed by atoms with Crippen LogP contribution in [0.4, 0.5) is 0 Å². The van der Waals surface area contributed by atoms with Gasteiger partial charge in [0.25, 0.3) is 5.91 Å². The van der Waals surface area contributed by atoms with Gasteiger partial charge in [0.05, 0.1) is 19.1 Å². The highest BCUT2D eigenvalue weighted by atomic mass is 32.2. The van der Waals surface area contributed by atoms with Crippen molar-refractivity contribution in [3.63, 3.8) is 0 Å². The Morgan fingerprint density at radius 2 is 1.83 bits per heavy atom. The summed E-state index contributed by atoms with van der Waals surface area (Å²) in [6.07, 6.45) is 2.21. The first-order valence-corrected chi connectivity index (χ1v) is 10.3. The monoisotopic (exact) mass is 418 g/mol. The Kier molecular flexibility index (Phi) is 7.41. The van der Waals surface area contributed by atoms with Crippen LogP contribution in [0.1, 0.15) is 21.5 Å². The number of nitrogens with one attached hydrogen (secondary N) is 1. The predicted molar refractivity (Wildman–Crippen MR) is 112 cm³/mol. The fourth-order valence-electron chi connectivity index (χ4n) is 2.86. The number of benzene rings is 2. The van der Waals surface area contributed by atoms with Crippen LogP contribution in [0, 0.1) is 0 Å². The zero-order valence-electron chi connectivity index (χ0n) is 17.1. The summed E-state index contributed by atoms with van der Waals surface area (Å²) in [4.78, 5) is 12.9. The smallest absolute Gasteiger partial charge is 0.251 e. The van der Waals surface area contributed by atoms with Crippen molar-refractivity contribution in [1.82, 2.24) is 9.62 Å². The molecule has 2 aromatic rings. The van der Waals surface area contributed by atoms with Gasteiger partial charge in [-0.05, 0) is 30.2 Å². The summed E-state index contributed by atoms with van der Waals surface area (Å²) >= 11 is 0. The van der Waals surface area contributed by atoms with Crippen molar-refractivity contribution < 1.29 is 22.7 Å². The topological polar surface area (TPSA) is 84.9 Å². The van der Waals surface area contributed by atoms with E-state index in [9.17, 15) is 13.2 Å². The van der Waals surface area contributed by atoms with Crippen LogP contribution in [0.2, 0.25) is 0 Å². The minimum atomic E-state index is -3.62. The zero-order chi connectivity index (χ0) is 21.6. The molecule has 7 nitrogen and oxygen atoms in total. The van der Waals surface area contributed by atoms with Crippen LogP contribution in [0.15, 0.2) is 53.9 Å². The van der Waals surface area contributed by atoms with Crippen molar-refractivity contribution in [2.24, 2.45) is 0 Å². The second-order valence-electron chi connectivity index (χ2n) is 6.44. The number of ether oxygens (including phenoxy) is 2. The van der Waals surface area contributed by atoms with E-state index >= 15 is 0 Å². The molecule has 0 radical (unpaired) electrons. The molecule has 0 spiro atoms. The number of rotatable bonds is 9. The molecule has 0 bridgehead atoms. The molecule has 0 aliphatic carbocycles. The molecule has 2 rings (SSSR count). The quantitative estimate of drug-likeness (QED) is 0.633. The molecule has 156 valence electrons. The van der Waals surface area contributed by atoms with Gasteiger partial charge in [-0.15, -0.1) is 6.58 Å². The summed E-state index contributed by atoms with van der Waals surface area (Å²) in [5, 5.41) is 2.78. The highest BCUT2D eigenvalue weighted by Gasteiger charge is 2.21. The molecule has 0 aliphatic heterocycles. The Hall–Kier alpha value is -2.84. The summed E-state index contributed by atoms with van der Waals surface area (Å²) in [7, 11) is 2.35. The number of allylic oxidation sites excluding steroid dienone is 1. The summed E-state index contributed by atoms with van der Waals surface area (Å²) in [6.45, 7) is 3.79. The fraction of sp³-hybridized carbons (Fsp3) is 0.286. The molecule has 1 N–H and O–H groups in total. The fourth-order valence-corrected chi connectivity index (χ4v) is 3.97. The van der Waals surface area contributed by atoms with E-state index < -0.39 is 10.0 Å². The standard InChI is InChI=1S/C21H26N2O5S/c1-6-9-15-12-17(13-18(27-4)20(15)28-5)21(24)22-14-16-10-7-8-11-19(16)29(25,26)23(2)3/h6-8,10-13H,1,9,14H2,2-5H3,(H,22,24). The number of amides is 1. The van der Waals surface area contributed by atoms with Crippen molar-refractivity contribution in [1.29, 1.82) is 0 Å². The van der Waals surface area contributed by atoms with E-state index in [1.807, 2.05) is 0 Å². The highest BCUT2D eigenvalue weighted by Crippen LogP contribution is 2.33. The van der Waals surface area contributed by atoms with Gasteiger partial charge in [0.15, 0.2) is 11.5 Å². The molecule has 0 saturated heterocycles. The number of methoxy groups -OCH3 is 2. The predicted octanol–water partition coefficient (Wildman–Crippen LogP) is 2.61. The number of sulfonamides is 1. The Morgan fingerprint density at radius 3 is 2.41 bits per heavy atom. The van der Waals surface area contributed by atoms with Gasteiger partial charge in [0.1, 0.15) is 0 Å². The van der Waals surface area contributed by atoms with E-state index in [4.69, 9.17) is 9.47 Å². The Bertz CT molecular complexity index is 1000. The molecule has 29 heavy (non-hydrogen) atoms. The third kappa shape index (κ3) is 4.96. The zero-order valence-corrected chi connectivity index (χ0v) is 17.9. The average Bonchev–Trinajstić information content (AvgIpc) is 2.71. The van der Waals surface area contributed by atoms with E-state index in [1.54, 1.807) is 36.4 Å². The first-order valence-electron chi connectivity index (χ1n) is 8.90. The molecule has 1 amide bonds. The number of hydrogen-bond acceptors (Lipinski definition) is 5. The van der Waals surface area contributed by atoms with Gasteiger partial charge in [0, 0.05) is 31.8 Å². The molecule has 0 aliphatic rings. The molecular formula is C21H26N2O5S. The molecule has 0 saturated carbocycles. The lowest BCUT2D eigenvalue weighted by Crippen LogP contribution is -2.27. The number of carbonyl (C=O) groups is 1. The van der Waals surface area contributed by atoms with Crippen molar-refractivity contribution in [2.75, 3.05) is 28.3 Å². The van der Waals surface area contributed by atoms with Crippen molar-refractivity contribution >= 4 is 15.9 Å². The van der Waals surface area contributed by atoms with Crippen LogP contribution >= 0.6 is 0 Å². The molecule has 0 unspecified atom stereocenters. The number of nitrogens with zero attached hydrogens (tertiary/aromatic N) is 1.